The van der Waals surface area contributed by atoms with Crippen molar-refractivity contribution in [3.05, 3.63) is 145 Å². The van der Waals surface area contributed by atoms with Gasteiger partial charge in [0.25, 0.3) is 0 Å². The van der Waals surface area contributed by atoms with Gasteiger partial charge in [-0.15, -0.1) is 0 Å². The van der Waals surface area contributed by atoms with Crippen LogP contribution in [0, 0.1) is 11.3 Å². The Balaban J connectivity index is 1.33. The third-order valence-corrected chi connectivity index (χ3v) is 9.70. The molecule has 0 aliphatic rings. The summed E-state index contributed by atoms with van der Waals surface area (Å²) < 4.78 is 6.79. The van der Waals surface area contributed by atoms with Crippen LogP contribution in [0.3, 0.4) is 0 Å². The van der Waals surface area contributed by atoms with E-state index in [0.717, 1.165) is 78.0 Å². The van der Waals surface area contributed by atoms with Crippen LogP contribution in [0.2, 0.25) is 0 Å². The van der Waals surface area contributed by atoms with E-state index < -0.39 is 0 Å². The lowest BCUT2D eigenvalue weighted by atomic mass is 10.1. The zero-order valence-corrected chi connectivity index (χ0v) is 25.4. The second-order valence-corrected chi connectivity index (χ2v) is 12.4. The minimum atomic E-state index is 0.624. The van der Waals surface area contributed by atoms with Crippen LogP contribution in [0.5, 0.6) is 0 Å². The quantitative estimate of drug-likeness (QED) is 0.199. The van der Waals surface area contributed by atoms with E-state index in [1.165, 1.54) is 10.8 Å². The van der Waals surface area contributed by atoms with Crippen molar-refractivity contribution >= 4 is 88.8 Å². The molecule has 4 aromatic heterocycles. The molecule has 0 saturated carbocycles. The van der Waals surface area contributed by atoms with Gasteiger partial charge in [0, 0.05) is 11.4 Å². The minimum Gasteiger partial charge on any atom is -0.310 e. The summed E-state index contributed by atoms with van der Waals surface area (Å²) in [5.74, 6) is 1.66. The Hall–Kier alpha value is -6.91. The predicted molar refractivity (Wildman–Crippen MR) is 193 cm³/mol. The maximum Gasteiger partial charge on any atom is 0.223 e. The number of aromatic nitrogens is 5. The fourth-order valence-corrected chi connectivity index (χ4v) is 7.56. The number of imidazole rings is 4. The van der Waals surface area contributed by atoms with Gasteiger partial charge in [0.2, 0.25) is 11.6 Å². The van der Waals surface area contributed by atoms with E-state index in [0.29, 0.717) is 5.56 Å². The summed E-state index contributed by atoms with van der Waals surface area (Å²) in [6.45, 7) is 0. The molecule has 0 spiro atoms. The summed E-state index contributed by atoms with van der Waals surface area (Å²) in [5.41, 5.74) is 10.7. The molecule has 0 aliphatic carbocycles. The Morgan fingerprint density at radius 2 is 0.938 bits per heavy atom. The number of nitrogens with zero attached hydrogens (tertiary/aromatic N) is 7. The zero-order chi connectivity index (χ0) is 31.5. The third kappa shape index (κ3) is 3.30. The fourth-order valence-electron chi connectivity index (χ4n) is 7.56. The van der Waals surface area contributed by atoms with Crippen molar-refractivity contribution in [2.24, 2.45) is 0 Å². The molecule has 0 amide bonds. The summed E-state index contributed by atoms with van der Waals surface area (Å²) >= 11 is 0. The average Bonchev–Trinajstić information content (AvgIpc) is 3.85. The largest absolute Gasteiger partial charge is 0.310 e. The van der Waals surface area contributed by atoms with Gasteiger partial charge in [-0.2, -0.15) is 5.26 Å². The highest BCUT2D eigenvalue weighted by molar-refractivity contribution is 6.09. The van der Waals surface area contributed by atoms with Gasteiger partial charge in [-0.1, -0.05) is 66.7 Å². The van der Waals surface area contributed by atoms with Crippen molar-refractivity contribution in [3.8, 4) is 6.07 Å². The molecule has 7 heteroatoms. The van der Waals surface area contributed by atoms with E-state index in [2.05, 4.69) is 133 Å². The lowest BCUT2D eigenvalue weighted by molar-refractivity contribution is 1.15. The number of para-hydroxylation sites is 1. The van der Waals surface area contributed by atoms with Crippen LogP contribution < -0.4 is 4.90 Å². The molecule has 0 fully saturated rings. The highest BCUT2D eigenvalue weighted by atomic mass is 15.3. The highest BCUT2D eigenvalue weighted by Crippen LogP contribution is 2.42. The van der Waals surface area contributed by atoms with E-state index >= 15 is 0 Å². The van der Waals surface area contributed by atoms with Gasteiger partial charge >= 0.3 is 0 Å². The van der Waals surface area contributed by atoms with Crippen molar-refractivity contribution in [3.63, 3.8) is 0 Å². The number of rotatable bonds is 3. The number of nitriles is 1. The number of hydrogen-bond donors (Lipinski definition) is 0. The molecule has 0 unspecified atom stereocenters. The number of hydrogen-bond acceptors (Lipinski definition) is 4. The van der Waals surface area contributed by atoms with Crippen LogP contribution >= 0.6 is 0 Å². The van der Waals surface area contributed by atoms with Crippen molar-refractivity contribution in [1.29, 1.82) is 5.26 Å². The highest BCUT2D eigenvalue weighted by Gasteiger charge is 2.26. The second kappa shape index (κ2) is 9.09. The fraction of sp³-hybridized carbons (Fsp3) is 0. The van der Waals surface area contributed by atoms with E-state index in [1.54, 1.807) is 0 Å². The van der Waals surface area contributed by atoms with Gasteiger partial charge in [-0.3, -0.25) is 8.80 Å². The molecule has 11 aromatic rings. The number of benzene rings is 7. The molecule has 0 N–H and O–H groups in total. The first kappa shape index (κ1) is 25.3. The summed E-state index contributed by atoms with van der Waals surface area (Å²) in [6.07, 6.45) is 0. The maximum absolute atomic E-state index is 9.54. The topological polar surface area (TPSA) is 66.0 Å². The summed E-state index contributed by atoms with van der Waals surface area (Å²) in [6, 6.07) is 50.7. The summed E-state index contributed by atoms with van der Waals surface area (Å²) in [4.78, 5) is 12.8. The zero-order valence-electron chi connectivity index (χ0n) is 25.4. The molecule has 7 aromatic carbocycles. The number of fused-ring (bicyclic) bond motifs is 12. The first-order valence-electron chi connectivity index (χ1n) is 15.9. The molecule has 0 saturated heterocycles. The van der Waals surface area contributed by atoms with Crippen LogP contribution in [0.25, 0.3) is 71.7 Å². The Kier molecular flexibility index (Phi) is 4.79. The summed E-state index contributed by atoms with van der Waals surface area (Å²) in [5, 5.41) is 14.2. The first-order chi connectivity index (χ1) is 23.7. The van der Waals surface area contributed by atoms with Crippen molar-refractivity contribution < 1.29 is 0 Å². The second-order valence-electron chi connectivity index (χ2n) is 12.4. The Morgan fingerprint density at radius 1 is 0.458 bits per heavy atom. The van der Waals surface area contributed by atoms with Crippen molar-refractivity contribution in [1.82, 2.24) is 23.2 Å². The van der Waals surface area contributed by atoms with E-state index in [1.807, 2.05) is 30.3 Å². The van der Waals surface area contributed by atoms with Gasteiger partial charge in [0.1, 0.15) is 5.52 Å². The molecule has 4 heterocycles. The monoisotopic (exact) mass is 613 g/mol. The van der Waals surface area contributed by atoms with Gasteiger partial charge in [-0.05, 0) is 94.3 Å². The van der Waals surface area contributed by atoms with Crippen LogP contribution in [0.4, 0.5) is 17.1 Å². The first-order valence-corrected chi connectivity index (χ1v) is 15.9. The van der Waals surface area contributed by atoms with E-state index in [9.17, 15) is 5.26 Å². The maximum atomic E-state index is 9.54. The molecule has 7 nitrogen and oxygen atoms in total. The molecule has 0 aliphatic heterocycles. The Morgan fingerprint density at radius 3 is 1.46 bits per heavy atom. The average molecular weight is 614 g/mol. The molecule has 222 valence electrons. The third-order valence-electron chi connectivity index (χ3n) is 9.70. The lowest BCUT2D eigenvalue weighted by Gasteiger charge is -2.25. The van der Waals surface area contributed by atoms with E-state index in [-0.39, 0.29) is 0 Å². The molecule has 0 atom stereocenters. The van der Waals surface area contributed by atoms with Gasteiger partial charge in [0.15, 0.2) is 0 Å². The molecule has 11 rings (SSSR count). The van der Waals surface area contributed by atoms with Crippen molar-refractivity contribution in [2.75, 3.05) is 4.90 Å². The molecule has 0 bridgehead atoms. The normalized spacial score (nSPS) is 12.1. The minimum absolute atomic E-state index is 0.624. The van der Waals surface area contributed by atoms with Gasteiger partial charge < -0.3 is 4.90 Å². The number of anilines is 3. The van der Waals surface area contributed by atoms with Gasteiger partial charge in [0.05, 0.1) is 50.4 Å². The van der Waals surface area contributed by atoms with Crippen LogP contribution in [-0.4, -0.2) is 23.2 Å². The molecular weight excluding hydrogens is 591 g/mol. The SMILES string of the molecule is N#Cc1ccc(N(c2ccccc2)c2cc3c4c(c2)n2c5cc6ccccc6cc5nc2n4c2nc4cc5ccccc5cc4n32)cc1. The standard InChI is InChI=1S/C41H23N7/c42-24-25-14-16-31(17-15-25)45(30-12-2-1-3-13-30)32-22-37-39-38(23-32)47-36-21-29-11-7-5-9-27(29)19-34(36)44-41(47)48(39)40-43-33-18-26-8-4-6-10-28(26)20-35(33)46(37)40/h1-23H. The molecule has 0 radical (unpaired) electrons. The van der Waals surface area contributed by atoms with Crippen LogP contribution in [0.1, 0.15) is 5.56 Å². The van der Waals surface area contributed by atoms with Gasteiger partial charge in [-0.25, -0.2) is 14.4 Å². The lowest BCUT2D eigenvalue weighted by Crippen LogP contribution is -2.10. The predicted octanol–water partition coefficient (Wildman–Crippen LogP) is 9.78. The summed E-state index contributed by atoms with van der Waals surface area (Å²) in [7, 11) is 0. The molecule has 48 heavy (non-hydrogen) atoms. The Bertz CT molecular complexity index is 2960. The van der Waals surface area contributed by atoms with Crippen LogP contribution in [-0.2, 0) is 0 Å². The van der Waals surface area contributed by atoms with Crippen LogP contribution in [0.15, 0.2) is 140 Å². The molecular formula is C41H23N7. The van der Waals surface area contributed by atoms with E-state index in [4.69, 9.17) is 9.97 Å². The van der Waals surface area contributed by atoms with Crippen molar-refractivity contribution in [2.45, 2.75) is 0 Å². The Labute approximate surface area is 272 Å². The smallest absolute Gasteiger partial charge is 0.223 e.